The predicted octanol–water partition coefficient (Wildman–Crippen LogP) is 2.68. The van der Waals surface area contributed by atoms with Crippen LogP contribution in [0.3, 0.4) is 0 Å². The van der Waals surface area contributed by atoms with E-state index in [0.29, 0.717) is 22.4 Å². The van der Waals surface area contributed by atoms with Gasteiger partial charge < -0.3 is 24.3 Å². The third kappa shape index (κ3) is 3.93. The molecule has 2 aromatic carbocycles. The number of phenols is 1. The summed E-state index contributed by atoms with van der Waals surface area (Å²) in [6, 6.07) is 9.87. The van der Waals surface area contributed by atoms with Crippen molar-refractivity contribution in [1.82, 2.24) is 5.32 Å². The summed E-state index contributed by atoms with van der Waals surface area (Å²) in [4.78, 5) is 24.7. The molecule has 7 heteroatoms. The number of hydrogen-bond acceptors (Lipinski definition) is 6. The summed E-state index contributed by atoms with van der Waals surface area (Å²) in [6.07, 6.45) is -0.108. The van der Waals surface area contributed by atoms with Gasteiger partial charge >= 0.3 is 5.63 Å². The number of aryl methyl sites for hydroxylation is 1. The molecule has 7 nitrogen and oxygen atoms in total. The maximum absolute atomic E-state index is 12.4. The minimum atomic E-state index is -0.590. The Hall–Kier alpha value is -3.48. The molecule has 1 amide bonds. The minimum Gasteiger partial charge on any atom is -0.508 e. The largest absolute Gasteiger partial charge is 0.508 e. The lowest BCUT2D eigenvalue weighted by Gasteiger charge is -2.12. The van der Waals surface area contributed by atoms with E-state index in [-0.39, 0.29) is 35.8 Å². The first-order valence-electron chi connectivity index (χ1n) is 8.66. The average molecular weight is 383 g/mol. The second kappa shape index (κ2) is 8.04. The molecule has 3 aromatic rings. The SMILES string of the molecule is COc1ccc(CNC(=O)Cc2c(C)c3ccc(O)cc3oc2=O)c(OC)c1. The summed E-state index contributed by atoms with van der Waals surface area (Å²) in [7, 11) is 3.11. The lowest BCUT2D eigenvalue weighted by Crippen LogP contribution is -2.27. The van der Waals surface area contributed by atoms with Crippen LogP contribution in [-0.4, -0.2) is 25.2 Å². The predicted molar refractivity (Wildman–Crippen MR) is 104 cm³/mol. The number of methoxy groups -OCH3 is 2. The Morgan fingerprint density at radius 3 is 2.64 bits per heavy atom. The molecule has 0 spiro atoms. The van der Waals surface area contributed by atoms with E-state index in [2.05, 4.69) is 5.32 Å². The molecule has 1 aromatic heterocycles. The zero-order valence-corrected chi connectivity index (χ0v) is 15.9. The molecule has 2 N–H and O–H groups in total. The van der Waals surface area contributed by atoms with Gasteiger partial charge in [-0.15, -0.1) is 0 Å². The molecular weight excluding hydrogens is 362 g/mol. The number of fused-ring (bicyclic) bond motifs is 1. The van der Waals surface area contributed by atoms with Crippen molar-refractivity contribution in [2.24, 2.45) is 0 Å². The van der Waals surface area contributed by atoms with Crippen molar-refractivity contribution in [3.63, 3.8) is 0 Å². The van der Waals surface area contributed by atoms with Crippen molar-refractivity contribution >= 4 is 16.9 Å². The number of hydrogen-bond donors (Lipinski definition) is 2. The fraction of sp³-hybridized carbons (Fsp3) is 0.238. The highest BCUT2D eigenvalue weighted by Crippen LogP contribution is 2.25. The first-order chi connectivity index (χ1) is 13.4. The number of ether oxygens (including phenoxy) is 2. The van der Waals surface area contributed by atoms with E-state index < -0.39 is 5.63 Å². The van der Waals surface area contributed by atoms with Crippen LogP contribution in [0.4, 0.5) is 0 Å². The fourth-order valence-corrected chi connectivity index (χ4v) is 3.00. The molecule has 0 unspecified atom stereocenters. The molecular formula is C21H21NO6. The van der Waals surface area contributed by atoms with Gasteiger partial charge in [-0.25, -0.2) is 4.79 Å². The number of aromatic hydroxyl groups is 1. The second-order valence-electron chi connectivity index (χ2n) is 6.30. The zero-order chi connectivity index (χ0) is 20.3. The van der Waals surface area contributed by atoms with Crippen LogP contribution in [0.5, 0.6) is 17.2 Å². The van der Waals surface area contributed by atoms with Gasteiger partial charge in [0.2, 0.25) is 5.91 Å². The number of nitrogens with one attached hydrogen (secondary N) is 1. The summed E-state index contributed by atoms with van der Waals surface area (Å²) in [5.41, 5.74) is 1.43. The van der Waals surface area contributed by atoms with Crippen LogP contribution >= 0.6 is 0 Å². The lowest BCUT2D eigenvalue weighted by molar-refractivity contribution is -0.120. The van der Waals surface area contributed by atoms with Crippen molar-refractivity contribution in [1.29, 1.82) is 0 Å². The summed E-state index contributed by atoms with van der Waals surface area (Å²) in [5.74, 6) is 0.948. The smallest absolute Gasteiger partial charge is 0.340 e. The van der Waals surface area contributed by atoms with Gasteiger partial charge in [-0.1, -0.05) is 0 Å². The van der Waals surface area contributed by atoms with E-state index in [0.717, 1.165) is 5.56 Å². The third-order valence-corrected chi connectivity index (χ3v) is 4.58. The molecule has 0 saturated carbocycles. The molecule has 0 radical (unpaired) electrons. The quantitative estimate of drug-likeness (QED) is 0.635. The molecule has 0 aliphatic carbocycles. The molecule has 28 heavy (non-hydrogen) atoms. The maximum Gasteiger partial charge on any atom is 0.340 e. The van der Waals surface area contributed by atoms with E-state index >= 15 is 0 Å². The fourth-order valence-electron chi connectivity index (χ4n) is 3.00. The van der Waals surface area contributed by atoms with Crippen molar-refractivity contribution in [2.45, 2.75) is 19.9 Å². The summed E-state index contributed by atoms with van der Waals surface area (Å²) < 4.78 is 15.7. The molecule has 0 fully saturated rings. The van der Waals surface area contributed by atoms with Crippen molar-refractivity contribution in [2.75, 3.05) is 14.2 Å². The highest BCUT2D eigenvalue weighted by Gasteiger charge is 2.16. The summed E-state index contributed by atoms with van der Waals surface area (Å²) in [6.45, 7) is 2.00. The molecule has 0 saturated heterocycles. The highest BCUT2D eigenvalue weighted by molar-refractivity contribution is 5.85. The Labute approximate surface area is 161 Å². The lowest BCUT2D eigenvalue weighted by atomic mass is 10.0. The van der Waals surface area contributed by atoms with E-state index in [1.165, 1.54) is 12.1 Å². The van der Waals surface area contributed by atoms with Gasteiger partial charge in [-0.3, -0.25) is 4.79 Å². The van der Waals surface area contributed by atoms with E-state index in [1.807, 2.05) is 0 Å². The van der Waals surface area contributed by atoms with Gasteiger partial charge in [0.05, 0.1) is 26.2 Å². The molecule has 1 heterocycles. The number of rotatable bonds is 6. The van der Waals surface area contributed by atoms with E-state index in [9.17, 15) is 14.7 Å². The third-order valence-electron chi connectivity index (χ3n) is 4.58. The van der Waals surface area contributed by atoms with Crippen LogP contribution in [0.1, 0.15) is 16.7 Å². The summed E-state index contributed by atoms with van der Waals surface area (Å²) in [5, 5.41) is 13.0. The number of phenolic OH excluding ortho intramolecular Hbond substituents is 1. The number of carbonyl (C=O) groups is 1. The zero-order valence-electron chi connectivity index (χ0n) is 15.9. The van der Waals surface area contributed by atoms with Crippen LogP contribution < -0.4 is 20.4 Å². The standard InChI is InChI=1S/C21H21NO6/c1-12-16-7-5-14(23)8-19(16)28-21(25)17(12)10-20(24)22-11-13-4-6-15(26-2)9-18(13)27-3/h4-9,23H,10-11H2,1-3H3,(H,22,24). The Morgan fingerprint density at radius 2 is 1.93 bits per heavy atom. The Kier molecular flexibility index (Phi) is 5.54. The second-order valence-corrected chi connectivity index (χ2v) is 6.30. The number of carbonyl (C=O) groups excluding carboxylic acids is 1. The summed E-state index contributed by atoms with van der Waals surface area (Å²) >= 11 is 0. The first-order valence-corrected chi connectivity index (χ1v) is 8.66. The van der Waals surface area contributed by atoms with Crippen LogP contribution in [0.2, 0.25) is 0 Å². The van der Waals surface area contributed by atoms with Gasteiger partial charge in [0.1, 0.15) is 22.8 Å². The van der Waals surface area contributed by atoms with E-state index in [1.54, 1.807) is 45.4 Å². The average Bonchev–Trinajstić information content (AvgIpc) is 2.69. The van der Waals surface area contributed by atoms with Crippen LogP contribution in [0.25, 0.3) is 11.0 Å². The molecule has 146 valence electrons. The van der Waals surface area contributed by atoms with Crippen LogP contribution in [-0.2, 0) is 17.8 Å². The monoisotopic (exact) mass is 383 g/mol. The first kappa shape index (κ1) is 19.3. The number of benzene rings is 2. The highest BCUT2D eigenvalue weighted by atomic mass is 16.5. The Morgan fingerprint density at radius 1 is 1.14 bits per heavy atom. The molecule has 0 aliphatic rings. The maximum atomic E-state index is 12.4. The van der Waals surface area contributed by atoms with Gasteiger partial charge in [0.25, 0.3) is 0 Å². The minimum absolute atomic E-state index is 0.00832. The Bertz CT molecular complexity index is 1090. The van der Waals surface area contributed by atoms with Crippen molar-refractivity contribution in [3.05, 3.63) is 63.5 Å². The normalized spacial score (nSPS) is 10.7. The van der Waals surface area contributed by atoms with Gasteiger partial charge in [0, 0.05) is 29.6 Å². The van der Waals surface area contributed by atoms with Crippen molar-refractivity contribution < 1.29 is 23.8 Å². The molecule has 0 aliphatic heterocycles. The molecule has 0 atom stereocenters. The van der Waals surface area contributed by atoms with Gasteiger partial charge in [-0.2, -0.15) is 0 Å². The van der Waals surface area contributed by atoms with Crippen LogP contribution in [0.15, 0.2) is 45.6 Å². The molecule has 0 bridgehead atoms. The van der Waals surface area contributed by atoms with Gasteiger partial charge in [-0.05, 0) is 36.8 Å². The molecule has 3 rings (SSSR count). The number of amides is 1. The van der Waals surface area contributed by atoms with E-state index in [4.69, 9.17) is 13.9 Å². The Balaban J connectivity index is 1.77. The van der Waals surface area contributed by atoms with Gasteiger partial charge in [0.15, 0.2) is 0 Å². The van der Waals surface area contributed by atoms with Crippen LogP contribution in [0, 0.1) is 6.92 Å². The topological polar surface area (TPSA) is 98.0 Å². The van der Waals surface area contributed by atoms with Crippen molar-refractivity contribution in [3.8, 4) is 17.2 Å².